The third-order valence-corrected chi connectivity index (χ3v) is 2.63. The lowest BCUT2D eigenvalue weighted by Gasteiger charge is -2.21. The molecule has 0 saturated heterocycles. The van der Waals surface area contributed by atoms with E-state index in [2.05, 4.69) is 5.32 Å². The molecule has 0 saturated carbocycles. The van der Waals surface area contributed by atoms with Gasteiger partial charge in [0.25, 0.3) is 0 Å². The number of methoxy groups -OCH3 is 1. The Kier molecular flexibility index (Phi) is 10.6. The number of nitrogens with one attached hydrogen (secondary N) is 1. The van der Waals surface area contributed by atoms with Gasteiger partial charge >= 0.3 is 12.1 Å². The summed E-state index contributed by atoms with van der Waals surface area (Å²) in [5.74, 6) is -0.460. The van der Waals surface area contributed by atoms with Crippen molar-refractivity contribution in [2.24, 2.45) is 5.73 Å². The molecule has 0 spiro atoms. The van der Waals surface area contributed by atoms with Gasteiger partial charge in [-0.1, -0.05) is 18.2 Å². The van der Waals surface area contributed by atoms with Gasteiger partial charge in [-0.3, -0.25) is 0 Å². The Morgan fingerprint density at radius 2 is 1.78 bits per heavy atom. The van der Waals surface area contributed by atoms with Crippen molar-refractivity contribution in [3.05, 3.63) is 35.4 Å². The van der Waals surface area contributed by atoms with Crippen LogP contribution >= 0.6 is 24.8 Å². The quantitative estimate of drug-likeness (QED) is 0.799. The van der Waals surface area contributed by atoms with Crippen molar-refractivity contribution in [2.75, 3.05) is 13.7 Å². The van der Waals surface area contributed by atoms with Gasteiger partial charge in [-0.15, -0.1) is 24.8 Å². The number of carbonyl (C=O) groups is 2. The van der Waals surface area contributed by atoms with Crippen LogP contribution in [-0.4, -0.2) is 31.3 Å². The van der Waals surface area contributed by atoms with Gasteiger partial charge in [0.05, 0.1) is 12.7 Å². The molecule has 3 N–H and O–H groups in total. The van der Waals surface area contributed by atoms with E-state index in [-0.39, 0.29) is 31.4 Å². The van der Waals surface area contributed by atoms with E-state index in [0.717, 1.165) is 0 Å². The van der Waals surface area contributed by atoms with E-state index in [9.17, 15) is 9.59 Å². The highest BCUT2D eigenvalue weighted by Gasteiger charge is 2.19. The second-order valence-corrected chi connectivity index (χ2v) is 5.57. The molecule has 0 aliphatic heterocycles. The maximum absolute atomic E-state index is 11.7. The number of nitrogens with two attached hydrogens (primary N) is 1. The van der Waals surface area contributed by atoms with Crippen LogP contribution in [0.5, 0.6) is 0 Å². The number of esters is 1. The Bertz CT molecular complexity index is 518. The first kappa shape index (κ1) is 23.8. The zero-order valence-corrected chi connectivity index (χ0v) is 15.3. The van der Waals surface area contributed by atoms with Crippen molar-refractivity contribution >= 4 is 36.9 Å². The van der Waals surface area contributed by atoms with E-state index in [4.69, 9.17) is 15.2 Å². The van der Waals surface area contributed by atoms with Crippen molar-refractivity contribution in [1.82, 2.24) is 5.32 Å². The molecule has 0 aliphatic rings. The number of ether oxygens (including phenoxy) is 2. The van der Waals surface area contributed by atoms with Gasteiger partial charge in [-0.2, -0.15) is 0 Å². The van der Waals surface area contributed by atoms with Crippen LogP contribution in [0.25, 0.3) is 0 Å². The van der Waals surface area contributed by atoms with E-state index in [0.29, 0.717) is 11.1 Å². The average molecular weight is 367 g/mol. The van der Waals surface area contributed by atoms with Crippen LogP contribution in [0.2, 0.25) is 0 Å². The lowest BCUT2D eigenvalue weighted by atomic mass is 10.0. The molecular formula is C15H24Cl2N2O4. The molecule has 1 atom stereocenters. The summed E-state index contributed by atoms with van der Waals surface area (Å²) in [5.41, 5.74) is 6.45. The summed E-state index contributed by atoms with van der Waals surface area (Å²) in [4.78, 5) is 23.3. The molecule has 23 heavy (non-hydrogen) atoms. The van der Waals surface area contributed by atoms with Gasteiger partial charge in [0.1, 0.15) is 5.60 Å². The van der Waals surface area contributed by atoms with Gasteiger partial charge in [0.15, 0.2) is 0 Å². The van der Waals surface area contributed by atoms with Crippen LogP contribution in [0.3, 0.4) is 0 Å². The Labute approximate surface area is 148 Å². The minimum atomic E-state index is -0.571. The largest absolute Gasteiger partial charge is 0.465 e. The van der Waals surface area contributed by atoms with Gasteiger partial charge in [0, 0.05) is 12.6 Å². The molecule has 1 unspecified atom stereocenters. The molecule has 0 fully saturated rings. The molecule has 6 nitrogen and oxygen atoms in total. The summed E-state index contributed by atoms with van der Waals surface area (Å²) >= 11 is 0. The van der Waals surface area contributed by atoms with Gasteiger partial charge < -0.3 is 20.5 Å². The van der Waals surface area contributed by atoms with Crippen molar-refractivity contribution in [1.29, 1.82) is 0 Å². The van der Waals surface area contributed by atoms with Gasteiger partial charge in [0.2, 0.25) is 0 Å². The Morgan fingerprint density at radius 3 is 2.30 bits per heavy atom. The number of benzene rings is 1. The third-order valence-electron chi connectivity index (χ3n) is 2.63. The highest BCUT2D eigenvalue weighted by molar-refractivity contribution is 5.91. The molecule has 8 heteroatoms. The van der Waals surface area contributed by atoms with Crippen LogP contribution in [0, 0.1) is 0 Å². The van der Waals surface area contributed by atoms with Crippen LogP contribution in [0.1, 0.15) is 42.7 Å². The average Bonchev–Trinajstić information content (AvgIpc) is 2.42. The number of alkyl carbamates (subject to hydrolysis) is 1. The predicted molar refractivity (Wildman–Crippen MR) is 93.4 cm³/mol. The van der Waals surface area contributed by atoms with Crippen molar-refractivity contribution < 1.29 is 19.1 Å². The number of hydrogen-bond acceptors (Lipinski definition) is 5. The standard InChI is InChI=1S/C15H22N2O4.2ClH/c1-15(2,3)21-14(19)17-9-12(16)10-7-5-6-8-11(10)13(18)20-4;;/h5-8,12H,9,16H2,1-4H3,(H,17,19);2*1H. The fourth-order valence-electron chi connectivity index (χ4n) is 1.73. The normalized spacial score (nSPS) is 11.3. The highest BCUT2D eigenvalue weighted by Crippen LogP contribution is 2.17. The fraction of sp³-hybridized carbons (Fsp3) is 0.467. The highest BCUT2D eigenvalue weighted by atomic mass is 35.5. The third kappa shape index (κ3) is 8.06. The van der Waals surface area contributed by atoms with E-state index in [1.165, 1.54) is 7.11 Å². The number of rotatable bonds is 4. The smallest absolute Gasteiger partial charge is 0.407 e. The lowest BCUT2D eigenvalue weighted by Crippen LogP contribution is -2.37. The summed E-state index contributed by atoms with van der Waals surface area (Å²) in [6, 6.07) is 6.33. The zero-order valence-electron chi connectivity index (χ0n) is 13.6. The number of hydrogen-bond donors (Lipinski definition) is 2. The van der Waals surface area contributed by atoms with Crippen LogP contribution in [-0.2, 0) is 9.47 Å². The molecule has 0 radical (unpaired) electrons. The van der Waals surface area contributed by atoms with Gasteiger partial charge in [-0.05, 0) is 32.4 Å². The van der Waals surface area contributed by atoms with Crippen LogP contribution < -0.4 is 11.1 Å². The van der Waals surface area contributed by atoms with Crippen molar-refractivity contribution in [2.45, 2.75) is 32.4 Å². The topological polar surface area (TPSA) is 90.6 Å². The summed E-state index contributed by atoms with van der Waals surface area (Å²) < 4.78 is 9.84. The minimum absolute atomic E-state index is 0. The fourth-order valence-corrected chi connectivity index (χ4v) is 1.73. The number of halogens is 2. The number of amides is 1. The van der Waals surface area contributed by atoms with E-state index < -0.39 is 23.7 Å². The van der Waals surface area contributed by atoms with Gasteiger partial charge in [-0.25, -0.2) is 9.59 Å². The monoisotopic (exact) mass is 366 g/mol. The molecule has 0 aliphatic carbocycles. The summed E-state index contributed by atoms with van der Waals surface area (Å²) in [5, 5.41) is 2.58. The summed E-state index contributed by atoms with van der Waals surface area (Å²) in [6.45, 7) is 5.49. The molecule has 1 aromatic carbocycles. The Morgan fingerprint density at radius 1 is 1.22 bits per heavy atom. The number of carbonyl (C=O) groups excluding carboxylic acids is 2. The van der Waals surface area contributed by atoms with Crippen molar-refractivity contribution in [3.8, 4) is 0 Å². The zero-order chi connectivity index (χ0) is 16.0. The molecule has 1 rings (SSSR count). The maximum Gasteiger partial charge on any atom is 0.407 e. The predicted octanol–water partition coefficient (Wildman–Crippen LogP) is 2.84. The first-order chi connectivity index (χ1) is 9.74. The Balaban J connectivity index is 0. The second-order valence-electron chi connectivity index (χ2n) is 5.57. The second kappa shape index (κ2) is 10.3. The van der Waals surface area contributed by atoms with Crippen LogP contribution in [0.4, 0.5) is 4.79 Å². The minimum Gasteiger partial charge on any atom is -0.465 e. The van der Waals surface area contributed by atoms with E-state index in [1.54, 1.807) is 45.0 Å². The molecule has 132 valence electrons. The van der Waals surface area contributed by atoms with E-state index in [1.807, 2.05) is 0 Å². The first-order valence-electron chi connectivity index (χ1n) is 6.64. The molecule has 1 aromatic rings. The molecule has 1 amide bonds. The van der Waals surface area contributed by atoms with Crippen LogP contribution in [0.15, 0.2) is 24.3 Å². The lowest BCUT2D eigenvalue weighted by molar-refractivity contribution is 0.0524. The first-order valence-corrected chi connectivity index (χ1v) is 6.64. The maximum atomic E-state index is 11.7. The molecule has 0 aromatic heterocycles. The molecule has 0 bridgehead atoms. The summed E-state index contributed by atoms with van der Waals surface area (Å²) in [6.07, 6.45) is -0.548. The molecule has 0 heterocycles. The van der Waals surface area contributed by atoms with Crippen molar-refractivity contribution in [3.63, 3.8) is 0 Å². The van der Waals surface area contributed by atoms with E-state index >= 15 is 0 Å². The summed E-state index contributed by atoms with van der Waals surface area (Å²) in [7, 11) is 1.31. The SMILES string of the molecule is COC(=O)c1ccccc1C(N)CNC(=O)OC(C)(C)C.Cl.Cl. The Hall–Kier alpha value is -1.50. The molecular weight excluding hydrogens is 343 g/mol.